The van der Waals surface area contributed by atoms with Crippen molar-refractivity contribution in [1.82, 2.24) is 19.6 Å². The van der Waals surface area contributed by atoms with Crippen molar-refractivity contribution < 1.29 is 32.3 Å². The lowest BCUT2D eigenvalue weighted by Gasteiger charge is -2.39. The van der Waals surface area contributed by atoms with Crippen molar-refractivity contribution in [2.45, 2.75) is 63.6 Å². The number of allylic oxidation sites excluding steroid dienone is 1. The number of amides is 1. The first-order valence-corrected chi connectivity index (χ1v) is 24.4. The number of pyridine rings is 1. The number of nitrogens with one attached hydrogen (secondary N) is 3. The van der Waals surface area contributed by atoms with Gasteiger partial charge in [-0.05, 0) is 97.3 Å². The van der Waals surface area contributed by atoms with Gasteiger partial charge in [0.15, 0.2) is 0 Å². The summed E-state index contributed by atoms with van der Waals surface area (Å²) in [5, 5.41) is 16.7. The number of carbonyl (C=O) groups excluding carboxylic acids is 1. The molecular formula is C48H55ClN8O8S. The summed E-state index contributed by atoms with van der Waals surface area (Å²) >= 11 is 6.27. The van der Waals surface area contributed by atoms with Gasteiger partial charge in [0, 0.05) is 80.6 Å². The van der Waals surface area contributed by atoms with Crippen LogP contribution in [0, 0.1) is 15.5 Å². The molecule has 4 aliphatic rings. The number of halogens is 1. The summed E-state index contributed by atoms with van der Waals surface area (Å²) in [4.78, 5) is 40.2. The third kappa shape index (κ3) is 10.0. The SMILES string of the molecule is C[C@@H]1CCN(c2cc(N3CCN(CC4=C(c5ccc(Cl)cc5)CC(C)(C)CC4)CC3)ccc2C(=O)NS(=O)(=O)c2ccc(NC[C@@H]3COCCO3)c([N+](=O)[O-])c2)c2cc3cc[nH]c3nc2O1. The molecule has 0 radical (unpaired) electrons. The number of nitrogens with zero attached hydrogens (tertiary/aromatic N) is 5. The number of nitro groups is 1. The normalized spacial score (nSPS) is 20.4. The van der Waals surface area contributed by atoms with E-state index < -0.39 is 31.4 Å². The van der Waals surface area contributed by atoms with Gasteiger partial charge < -0.3 is 34.3 Å². The van der Waals surface area contributed by atoms with Gasteiger partial charge in [0.25, 0.3) is 21.6 Å². The number of fused-ring (bicyclic) bond motifs is 2. The molecule has 3 aliphatic heterocycles. The smallest absolute Gasteiger partial charge is 0.293 e. The van der Waals surface area contributed by atoms with Crippen molar-refractivity contribution in [2.75, 3.05) is 80.8 Å². The maximum absolute atomic E-state index is 14.4. The number of aromatic amines is 1. The van der Waals surface area contributed by atoms with Gasteiger partial charge in [-0.2, -0.15) is 4.98 Å². The minimum absolute atomic E-state index is 0.0972. The van der Waals surface area contributed by atoms with Crippen LogP contribution in [-0.2, 0) is 19.5 Å². The van der Waals surface area contributed by atoms with Crippen molar-refractivity contribution in [3.63, 3.8) is 0 Å². The van der Waals surface area contributed by atoms with Crippen LogP contribution < -0.4 is 24.6 Å². The molecule has 2 saturated heterocycles. The molecule has 0 saturated carbocycles. The topological polar surface area (TPSA) is 185 Å². The number of hydrogen-bond acceptors (Lipinski definition) is 13. The molecule has 1 aliphatic carbocycles. The first kappa shape index (κ1) is 45.4. The van der Waals surface area contributed by atoms with E-state index in [9.17, 15) is 23.3 Å². The molecule has 2 aromatic heterocycles. The van der Waals surface area contributed by atoms with Crippen LogP contribution in [-0.4, -0.2) is 112 Å². The number of aromatic nitrogens is 2. The zero-order valence-corrected chi connectivity index (χ0v) is 38.9. The highest BCUT2D eigenvalue weighted by molar-refractivity contribution is 7.90. The predicted molar refractivity (Wildman–Crippen MR) is 256 cm³/mol. The quantitative estimate of drug-likeness (QED) is 0.0805. The molecule has 3 N–H and O–H groups in total. The van der Waals surface area contributed by atoms with Crippen LogP contribution >= 0.6 is 11.6 Å². The summed E-state index contributed by atoms with van der Waals surface area (Å²) in [6, 6.07) is 21.0. The number of anilines is 4. The average molecular weight is 940 g/mol. The highest BCUT2D eigenvalue weighted by atomic mass is 35.5. The summed E-state index contributed by atoms with van der Waals surface area (Å²) < 4.78 is 47.5. The molecule has 3 aromatic carbocycles. The Labute approximate surface area is 389 Å². The van der Waals surface area contributed by atoms with E-state index >= 15 is 0 Å². The molecule has 1 amide bonds. The maximum Gasteiger partial charge on any atom is 0.293 e. The molecular weight excluding hydrogens is 884 g/mol. The Bertz CT molecular complexity index is 2770. The van der Waals surface area contributed by atoms with Gasteiger partial charge in [0.1, 0.15) is 17.0 Å². The van der Waals surface area contributed by atoms with Crippen LogP contribution in [0.15, 0.2) is 89.5 Å². The number of piperazine rings is 1. The molecule has 0 bridgehead atoms. The van der Waals surface area contributed by atoms with E-state index in [0.717, 1.165) is 74.1 Å². The van der Waals surface area contributed by atoms with Crippen LogP contribution in [0.3, 0.4) is 0 Å². The van der Waals surface area contributed by atoms with Gasteiger partial charge in [-0.3, -0.25) is 19.8 Å². The molecule has 348 valence electrons. The van der Waals surface area contributed by atoms with Crippen LogP contribution in [0.2, 0.25) is 5.02 Å². The molecule has 66 heavy (non-hydrogen) atoms. The van der Waals surface area contributed by atoms with Gasteiger partial charge >= 0.3 is 0 Å². The monoisotopic (exact) mass is 938 g/mol. The van der Waals surface area contributed by atoms with Crippen LogP contribution in [0.4, 0.5) is 28.4 Å². The molecule has 5 aromatic rings. The summed E-state index contributed by atoms with van der Waals surface area (Å²) in [7, 11) is -4.60. The van der Waals surface area contributed by atoms with E-state index in [4.69, 9.17) is 30.8 Å². The summed E-state index contributed by atoms with van der Waals surface area (Å²) in [6.07, 6.45) is 5.05. The largest absolute Gasteiger partial charge is 0.473 e. The molecule has 16 nitrogen and oxygen atoms in total. The molecule has 0 unspecified atom stereocenters. The number of benzene rings is 3. The molecule has 9 rings (SSSR count). The minimum atomic E-state index is -4.60. The van der Waals surface area contributed by atoms with Crippen LogP contribution in [0.1, 0.15) is 62.4 Å². The van der Waals surface area contributed by atoms with Crippen molar-refractivity contribution >= 4 is 72.6 Å². The van der Waals surface area contributed by atoms with E-state index in [1.165, 1.54) is 28.8 Å². The standard InChI is InChI=1S/C48H55ClN8O8S/c1-31-14-17-56(44-24-33-13-16-50-45(33)52-47(44)65-31)42-25-36(55-20-18-54(19-21-55)29-34-12-15-48(2,3)27-40(34)32-4-6-35(49)7-5-32)8-10-39(42)46(58)53-66(61,62)38-9-11-41(43(26-38)57(59)60)51-28-37-30-63-22-23-64-37/h4-11,13,16,24-26,31,37,51H,12,14-15,17-23,27-30H2,1-3H3,(H,50,52)(H,53,58)/t31-,37-/m1/s1. The highest BCUT2D eigenvalue weighted by Gasteiger charge is 2.33. The van der Waals surface area contributed by atoms with Gasteiger partial charge in [-0.1, -0.05) is 43.2 Å². The Hall–Kier alpha value is -5.72. The van der Waals surface area contributed by atoms with Crippen molar-refractivity contribution in [3.8, 4) is 5.88 Å². The first-order chi connectivity index (χ1) is 31.7. The summed E-state index contributed by atoms with van der Waals surface area (Å²) in [5.41, 5.74) is 6.71. The maximum atomic E-state index is 14.4. The average Bonchev–Trinajstić information content (AvgIpc) is 3.70. The molecule has 0 spiro atoms. The second-order valence-electron chi connectivity index (χ2n) is 18.3. The fourth-order valence-corrected chi connectivity index (χ4v) is 10.4. The Kier molecular flexibility index (Phi) is 13.0. The Morgan fingerprint density at radius 1 is 1.00 bits per heavy atom. The minimum Gasteiger partial charge on any atom is -0.473 e. The number of sulfonamides is 1. The van der Waals surface area contributed by atoms with Crippen LogP contribution in [0.25, 0.3) is 16.6 Å². The van der Waals surface area contributed by atoms with E-state index in [-0.39, 0.29) is 35.4 Å². The number of hydrogen-bond donors (Lipinski definition) is 3. The highest BCUT2D eigenvalue weighted by Crippen LogP contribution is 2.44. The van der Waals surface area contributed by atoms with E-state index in [0.29, 0.717) is 55.7 Å². The first-order valence-electron chi connectivity index (χ1n) is 22.5. The number of ether oxygens (including phenoxy) is 3. The number of H-pyrrole nitrogens is 1. The van der Waals surface area contributed by atoms with Gasteiger partial charge in [0.2, 0.25) is 5.88 Å². The second-order valence-corrected chi connectivity index (χ2v) is 20.4. The van der Waals surface area contributed by atoms with E-state index in [1.807, 2.05) is 48.2 Å². The van der Waals surface area contributed by atoms with Crippen molar-refractivity contribution in [1.29, 1.82) is 0 Å². The van der Waals surface area contributed by atoms with Crippen molar-refractivity contribution in [2.24, 2.45) is 5.41 Å². The predicted octanol–water partition coefficient (Wildman–Crippen LogP) is 8.17. The molecule has 2 fully saturated rings. The number of rotatable bonds is 12. The number of nitro benzene ring substituents is 1. The molecule has 5 heterocycles. The summed E-state index contributed by atoms with van der Waals surface area (Å²) in [6.45, 7) is 12.5. The van der Waals surface area contributed by atoms with Gasteiger partial charge in [-0.15, -0.1) is 0 Å². The lowest BCUT2D eigenvalue weighted by atomic mass is 9.72. The van der Waals surface area contributed by atoms with Gasteiger partial charge in [0.05, 0.1) is 53.1 Å². The van der Waals surface area contributed by atoms with Crippen molar-refractivity contribution in [3.05, 3.63) is 111 Å². The number of carbonyl (C=O) groups is 1. The fourth-order valence-electron chi connectivity index (χ4n) is 9.29. The fraction of sp³-hybridized carbons (Fsp3) is 0.417. The lowest BCUT2D eigenvalue weighted by molar-refractivity contribution is -0.384. The Morgan fingerprint density at radius 3 is 2.56 bits per heavy atom. The van der Waals surface area contributed by atoms with E-state index in [1.54, 1.807) is 12.3 Å². The van der Waals surface area contributed by atoms with Crippen LogP contribution in [0.5, 0.6) is 5.88 Å². The third-order valence-corrected chi connectivity index (χ3v) is 14.6. The second kappa shape index (κ2) is 18.9. The Balaban J connectivity index is 0.996. The zero-order valence-electron chi connectivity index (χ0n) is 37.3. The Morgan fingerprint density at radius 2 is 1.80 bits per heavy atom. The molecule has 2 atom stereocenters. The zero-order chi connectivity index (χ0) is 46.2. The lowest BCUT2D eigenvalue weighted by Crippen LogP contribution is -2.47. The third-order valence-electron chi connectivity index (χ3n) is 13.0. The van der Waals surface area contributed by atoms with E-state index in [2.05, 4.69) is 50.8 Å². The summed E-state index contributed by atoms with van der Waals surface area (Å²) in [5.74, 6) is -0.508. The molecule has 18 heteroatoms. The van der Waals surface area contributed by atoms with Gasteiger partial charge in [-0.25, -0.2) is 13.1 Å².